The van der Waals surface area contributed by atoms with Gasteiger partial charge in [-0.25, -0.2) is 16.8 Å². The van der Waals surface area contributed by atoms with Crippen LogP contribution in [0.2, 0.25) is 0 Å². The maximum atomic E-state index is 12.5. The Morgan fingerprint density at radius 2 is 1.50 bits per heavy atom. The van der Waals surface area contributed by atoms with Crippen LogP contribution < -0.4 is 14.2 Å². The number of sulfone groups is 1. The molecule has 0 heterocycles. The summed E-state index contributed by atoms with van der Waals surface area (Å²) >= 11 is 0. The van der Waals surface area contributed by atoms with Crippen LogP contribution in [0.3, 0.4) is 0 Å². The van der Waals surface area contributed by atoms with E-state index in [0.717, 1.165) is 6.26 Å². The van der Waals surface area contributed by atoms with Gasteiger partial charge in [-0.2, -0.15) is 0 Å². The third kappa shape index (κ3) is 3.98. The molecule has 0 bridgehead atoms. The Morgan fingerprint density at radius 3 is 2.08 bits per heavy atom. The molecule has 0 spiro atoms. The molecule has 0 aromatic heterocycles. The van der Waals surface area contributed by atoms with E-state index in [4.69, 9.17) is 9.47 Å². The van der Waals surface area contributed by atoms with Crippen molar-refractivity contribution in [2.24, 2.45) is 0 Å². The number of hydrogen-bond donors (Lipinski definition) is 1. The van der Waals surface area contributed by atoms with Gasteiger partial charge in [0, 0.05) is 12.3 Å². The van der Waals surface area contributed by atoms with Gasteiger partial charge in [-0.3, -0.25) is 4.72 Å². The molecular formula is C15H17NO6S2. The van der Waals surface area contributed by atoms with Crippen LogP contribution in [-0.2, 0) is 19.9 Å². The second-order valence-corrected chi connectivity index (χ2v) is 8.62. The SMILES string of the molecule is COc1ccc(S(=O)(=O)Nc2cccc(S(C)(=O)=O)c2)cc1OC. The van der Waals surface area contributed by atoms with Crippen LogP contribution in [0.25, 0.3) is 0 Å². The molecule has 0 saturated heterocycles. The lowest BCUT2D eigenvalue weighted by Crippen LogP contribution is -2.13. The van der Waals surface area contributed by atoms with Gasteiger partial charge in [0.2, 0.25) is 0 Å². The van der Waals surface area contributed by atoms with Crippen LogP contribution in [0.5, 0.6) is 11.5 Å². The van der Waals surface area contributed by atoms with E-state index in [1.54, 1.807) is 0 Å². The highest BCUT2D eigenvalue weighted by Crippen LogP contribution is 2.30. The number of nitrogens with one attached hydrogen (secondary N) is 1. The van der Waals surface area contributed by atoms with Crippen LogP contribution in [0.15, 0.2) is 52.3 Å². The highest BCUT2D eigenvalue weighted by molar-refractivity contribution is 7.92. The fourth-order valence-corrected chi connectivity index (χ4v) is 3.72. The van der Waals surface area contributed by atoms with Crippen molar-refractivity contribution in [3.63, 3.8) is 0 Å². The molecule has 0 aliphatic heterocycles. The monoisotopic (exact) mass is 371 g/mol. The van der Waals surface area contributed by atoms with Gasteiger partial charge < -0.3 is 9.47 Å². The van der Waals surface area contributed by atoms with Gasteiger partial charge in [-0.05, 0) is 30.3 Å². The summed E-state index contributed by atoms with van der Waals surface area (Å²) in [6.07, 6.45) is 1.05. The van der Waals surface area contributed by atoms with E-state index >= 15 is 0 Å². The van der Waals surface area contributed by atoms with Gasteiger partial charge in [0.15, 0.2) is 21.3 Å². The lowest BCUT2D eigenvalue weighted by atomic mass is 10.3. The number of ether oxygens (including phenoxy) is 2. The van der Waals surface area contributed by atoms with Crippen molar-refractivity contribution in [3.8, 4) is 11.5 Å². The van der Waals surface area contributed by atoms with Crippen molar-refractivity contribution < 1.29 is 26.3 Å². The summed E-state index contributed by atoms with van der Waals surface area (Å²) in [4.78, 5) is -0.0140. The first-order valence-corrected chi connectivity index (χ1v) is 10.1. The summed E-state index contributed by atoms with van der Waals surface area (Å²) in [5.41, 5.74) is 0.146. The summed E-state index contributed by atoms with van der Waals surface area (Å²) < 4.78 is 60.6. The zero-order valence-electron chi connectivity index (χ0n) is 13.3. The van der Waals surface area contributed by atoms with E-state index in [9.17, 15) is 16.8 Å². The predicted molar refractivity (Wildman–Crippen MR) is 89.9 cm³/mol. The van der Waals surface area contributed by atoms with E-state index in [2.05, 4.69) is 4.72 Å². The molecule has 7 nitrogen and oxygen atoms in total. The molecule has 0 unspecified atom stereocenters. The molecule has 0 aliphatic carbocycles. The molecule has 2 rings (SSSR count). The Balaban J connectivity index is 2.39. The van der Waals surface area contributed by atoms with E-state index in [-0.39, 0.29) is 21.2 Å². The fraction of sp³-hybridized carbons (Fsp3) is 0.200. The van der Waals surface area contributed by atoms with Crippen LogP contribution in [0, 0.1) is 0 Å². The number of hydrogen-bond acceptors (Lipinski definition) is 6. The lowest BCUT2D eigenvalue weighted by molar-refractivity contribution is 0.354. The van der Waals surface area contributed by atoms with Crippen LogP contribution >= 0.6 is 0 Å². The third-order valence-corrected chi connectivity index (χ3v) is 5.67. The first kappa shape index (κ1) is 18.1. The summed E-state index contributed by atoms with van der Waals surface area (Å²) in [5.74, 6) is 0.667. The molecule has 2 aromatic carbocycles. The van der Waals surface area contributed by atoms with Crippen molar-refractivity contribution in [2.45, 2.75) is 9.79 Å². The summed E-state index contributed by atoms with van der Waals surface area (Å²) in [5, 5.41) is 0. The molecular weight excluding hydrogens is 354 g/mol. The highest BCUT2D eigenvalue weighted by atomic mass is 32.2. The Kier molecular flexibility index (Phi) is 5.05. The van der Waals surface area contributed by atoms with Gasteiger partial charge in [0.05, 0.1) is 29.7 Å². The van der Waals surface area contributed by atoms with Crippen molar-refractivity contribution in [3.05, 3.63) is 42.5 Å². The minimum atomic E-state index is -3.91. The number of sulfonamides is 1. The Labute approximate surface area is 141 Å². The zero-order chi connectivity index (χ0) is 18.0. The molecule has 1 N–H and O–H groups in total. The summed E-state index contributed by atoms with van der Waals surface area (Å²) in [7, 11) is -4.50. The first-order chi connectivity index (χ1) is 11.2. The number of anilines is 1. The fourth-order valence-electron chi connectivity index (χ4n) is 1.99. The minimum absolute atomic E-state index is 0.0232. The second kappa shape index (κ2) is 6.70. The van der Waals surface area contributed by atoms with Gasteiger partial charge in [-0.1, -0.05) is 6.07 Å². The van der Waals surface area contributed by atoms with Gasteiger partial charge in [-0.15, -0.1) is 0 Å². The van der Waals surface area contributed by atoms with Crippen molar-refractivity contribution in [1.82, 2.24) is 0 Å². The highest BCUT2D eigenvalue weighted by Gasteiger charge is 2.18. The standard InChI is InChI=1S/C15H17NO6S2/c1-21-14-8-7-13(10-15(14)22-2)24(19,20)16-11-5-4-6-12(9-11)23(3,17)18/h4-10,16H,1-3H3. The van der Waals surface area contributed by atoms with Gasteiger partial charge in [0.1, 0.15) is 0 Å². The van der Waals surface area contributed by atoms with E-state index < -0.39 is 19.9 Å². The Morgan fingerprint density at radius 1 is 0.833 bits per heavy atom. The number of methoxy groups -OCH3 is 2. The summed E-state index contributed by atoms with van der Waals surface area (Å²) in [6.45, 7) is 0. The molecule has 0 aliphatic rings. The third-order valence-electron chi connectivity index (χ3n) is 3.18. The van der Waals surface area contributed by atoms with E-state index in [0.29, 0.717) is 5.75 Å². The molecule has 0 saturated carbocycles. The molecule has 0 radical (unpaired) electrons. The normalized spacial score (nSPS) is 11.8. The van der Waals surface area contributed by atoms with Crippen molar-refractivity contribution >= 4 is 25.5 Å². The van der Waals surface area contributed by atoms with Crippen molar-refractivity contribution in [2.75, 3.05) is 25.2 Å². The first-order valence-electron chi connectivity index (χ1n) is 6.72. The predicted octanol–water partition coefficient (Wildman–Crippen LogP) is 1.91. The second-order valence-electron chi connectivity index (χ2n) is 4.92. The summed E-state index contributed by atoms with van der Waals surface area (Å²) in [6, 6.07) is 9.74. The van der Waals surface area contributed by atoms with E-state index in [1.807, 2.05) is 0 Å². The zero-order valence-corrected chi connectivity index (χ0v) is 14.9. The average Bonchev–Trinajstić information content (AvgIpc) is 2.53. The van der Waals surface area contributed by atoms with E-state index in [1.165, 1.54) is 56.7 Å². The Hall–Kier alpha value is -2.26. The molecule has 9 heteroatoms. The molecule has 130 valence electrons. The average molecular weight is 371 g/mol. The topological polar surface area (TPSA) is 98.8 Å². The largest absolute Gasteiger partial charge is 0.493 e. The van der Waals surface area contributed by atoms with Crippen LogP contribution in [0.4, 0.5) is 5.69 Å². The van der Waals surface area contributed by atoms with Gasteiger partial charge in [0.25, 0.3) is 10.0 Å². The lowest BCUT2D eigenvalue weighted by Gasteiger charge is -2.12. The number of benzene rings is 2. The van der Waals surface area contributed by atoms with Gasteiger partial charge >= 0.3 is 0 Å². The molecule has 24 heavy (non-hydrogen) atoms. The number of rotatable bonds is 6. The van der Waals surface area contributed by atoms with Crippen molar-refractivity contribution in [1.29, 1.82) is 0 Å². The smallest absolute Gasteiger partial charge is 0.262 e. The maximum Gasteiger partial charge on any atom is 0.262 e. The molecule has 2 aromatic rings. The van der Waals surface area contributed by atoms with Crippen LogP contribution in [-0.4, -0.2) is 37.3 Å². The Bertz CT molecular complexity index is 952. The minimum Gasteiger partial charge on any atom is -0.493 e. The molecule has 0 amide bonds. The quantitative estimate of drug-likeness (QED) is 0.833. The molecule has 0 atom stereocenters. The maximum absolute atomic E-state index is 12.5. The molecule has 0 fully saturated rings. The van der Waals surface area contributed by atoms with Crippen LogP contribution in [0.1, 0.15) is 0 Å².